The molecule has 3 heterocycles. The van der Waals surface area contributed by atoms with Gasteiger partial charge < -0.3 is 18.6 Å². The highest BCUT2D eigenvalue weighted by atomic mass is 16.7. The number of nitrogens with zero attached hydrogens (tertiary/aromatic N) is 2. The third-order valence-electron chi connectivity index (χ3n) is 4.87. The number of aromatic nitrogens is 1. The highest BCUT2D eigenvalue weighted by molar-refractivity contribution is 5.58. The van der Waals surface area contributed by atoms with E-state index in [1.54, 1.807) is 13.3 Å². The number of benzene rings is 1. The van der Waals surface area contributed by atoms with Crippen LogP contribution < -0.4 is 4.74 Å². The molecule has 1 unspecified atom stereocenters. The normalized spacial score (nSPS) is 22.4. The molecule has 2 saturated heterocycles. The highest BCUT2D eigenvalue weighted by Crippen LogP contribution is 2.28. The van der Waals surface area contributed by atoms with Crippen molar-refractivity contribution in [3.05, 3.63) is 36.4 Å². The van der Waals surface area contributed by atoms with Crippen molar-refractivity contribution in [1.29, 1.82) is 0 Å². The van der Waals surface area contributed by atoms with Gasteiger partial charge in [0.2, 0.25) is 5.89 Å². The van der Waals surface area contributed by atoms with Crippen LogP contribution in [-0.4, -0.2) is 49.1 Å². The van der Waals surface area contributed by atoms with Gasteiger partial charge in [0.1, 0.15) is 5.75 Å². The molecule has 6 nitrogen and oxygen atoms in total. The average Bonchev–Trinajstić information content (AvgIpc) is 3.34. The molecule has 0 saturated carbocycles. The summed E-state index contributed by atoms with van der Waals surface area (Å²) in [4.78, 5) is 6.85. The summed E-state index contributed by atoms with van der Waals surface area (Å²) in [5.74, 6) is 2.29. The molecule has 1 atom stereocenters. The fourth-order valence-electron chi connectivity index (χ4n) is 3.59. The Labute approximate surface area is 147 Å². The van der Waals surface area contributed by atoms with Crippen LogP contribution in [0.5, 0.6) is 5.75 Å². The maximum Gasteiger partial charge on any atom is 0.209 e. The molecule has 0 radical (unpaired) electrons. The zero-order chi connectivity index (χ0) is 17.1. The fraction of sp³-hybridized carbons (Fsp3) is 0.526. The molecule has 0 N–H and O–H groups in total. The van der Waals surface area contributed by atoms with Gasteiger partial charge in [-0.15, -0.1) is 0 Å². The Balaban J connectivity index is 1.47. The Bertz CT molecular complexity index is 696. The van der Waals surface area contributed by atoms with Crippen LogP contribution in [0, 0.1) is 0 Å². The van der Waals surface area contributed by atoms with Gasteiger partial charge in [-0.2, -0.15) is 0 Å². The van der Waals surface area contributed by atoms with Crippen LogP contribution in [0.15, 0.2) is 34.9 Å². The third-order valence-corrected chi connectivity index (χ3v) is 4.87. The summed E-state index contributed by atoms with van der Waals surface area (Å²) in [6, 6.07) is 8.10. The van der Waals surface area contributed by atoms with Crippen LogP contribution in [0.2, 0.25) is 0 Å². The summed E-state index contributed by atoms with van der Waals surface area (Å²) < 4.78 is 22.7. The number of hydrogen-bond acceptors (Lipinski definition) is 6. The summed E-state index contributed by atoms with van der Waals surface area (Å²) in [7, 11) is 1.66. The van der Waals surface area contributed by atoms with Gasteiger partial charge in [-0.25, -0.2) is 4.98 Å². The third kappa shape index (κ3) is 3.71. The molecule has 0 amide bonds. The predicted molar refractivity (Wildman–Crippen MR) is 92.2 cm³/mol. The van der Waals surface area contributed by atoms with E-state index < -0.39 is 0 Å². The molecule has 2 fully saturated rings. The van der Waals surface area contributed by atoms with Crippen LogP contribution in [0.25, 0.3) is 11.3 Å². The van der Waals surface area contributed by atoms with E-state index in [0.29, 0.717) is 19.8 Å². The van der Waals surface area contributed by atoms with Crippen molar-refractivity contribution in [3.63, 3.8) is 0 Å². The van der Waals surface area contributed by atoms with Crippen LogP contribution >= 0.6 is 0 Å². The largest absolute Gasteiger partial charge is 0.497 e. The lowest BCUT2D eigenvalue weighted by atomic mass is 10.0. The molecule has 1 aromatic heterocycles. The van der Waals surface area contributed by atoms with Crippen LogP contribution in [0.1, 0.15) is 25.2 Å². The Morgan fingerprint density at radius 2 is 2.12 bits per heavy atom. The van der Waals surface area contributed by atoms with Gasteiger partial charge in [0.25, 0.3) is 0 Å². The van der Waals surface area contributed by atoms with Crippen molar-refractivity contribution in [2.45, 2.75) is 38.1 Å². The molecule has 2 aliphatic rings. The number of methoxy groups -OCH3 is 1. The number of ether oxygens (including phenoxy) is 3. The molecular weight excluding hydrogens is 320 g/mol. The second kappa shape index (κ2) is 7.56. The van der Waals surface area contributed by atoms with Gasteiger partial charge >= 0.3 is 0 Å². The Morgan fingerprint density at radius 1 is 1.24 bits per heavy atom. The van der Waals surface area contributed by atoms with Crippen LogP contribution in [-0.2, 0) is 16.0 Å². The number of piperidine rings is 1. The van der Waals surface area contributed by atoms with E-state index in [9.17, 15) is 0 Å². The van der Waals surface area contributed by atoms with Crippen molar-refractivity contribution < 1.29 is 18.6 Å². The monoisotopic (exact) mass is 344 g/mol. The molecule has 6 heteroatoms. The van der Waals surface area contributed by atoms with Crippen molar-refractivity contribution in [1.82, 2.24) is 9.88 Å². The number of oxazole rings is 1. The fourth-order valence-corrected chi connectivity index (χ4v) is 3.59. The van der Waals surface area contributed by atoms with Crippen LogP contribution in [0.3, 0.4) is 0 Å². The Hall–Kier alpha value is -1.89. The Morgan fingerprint density at radius 3 is 2.96 bits per heavy atom. The molecule has 0 spiro atoms. The Kier molecular flexibility index (Phi) is 5.01. The molecule has 1 aromatic carbocycles. The minimum atomic E-state index is -0.117. The average molecular weight is 344 g/mol. The van der Waals surface area contributed by atoms with E-state index in [1.807, 2.05) is 24.3 Å². The second-order valence-corrected chi connectivity index (χ2v) is 6.49. The lowest BCUT2D eigenvalue weighted by Gasteiger charge is -2.37. The van der Waals surface area contributed by atoms with E-state index in [1.165, 1.54) is 12.8 Å². The molecule has 0 aliphatic carbocycles. The van der Waals surface area contributed by atoms with E-state index in [0.717, 1.165) is 35.9 Å². The quantitative estimate of drug-likeness (QED) is 0.831. The first-order valence-corrected chi connectivity index (χ1v) is 8.90. The summed E-state index contributed by atoms with van der Waals surface area (Å²) in [6.07, 6.45) is 5.16. The van der Waals surface area contributed by atoms with Crippen molar-refractivity contribution in [2.24, 2.45) is 0 Å². The van der Waals surface area contributed by atoms with Gasteiger partial charge in [-0.1, -0.05) is 18.6 Å². The first kappa shape index (κ1) is 16.6. The van der Waals surface area contributed by atoms with Gasteiger partial charge in [-0.3, -0.25) is 4.90 Å². The number of likely N-dealkylation sites (tertiary alicyclic amines) is 1. The molecule has 4 rings (SSSR count). The van der Waals surface area contributed by atoms with Gasteiger partial charge in [0.15, 0.2) is 12.1 Å². The molecule has 2 aliphatic heterocycles. The smallest absolute Gasteiger partial charge is 0.209 e. The minimum Gasteiger partial charge on any atom is -0.497 e. The number of hydrogen-bond donors (Lipinski definition) is 0. The summed E-state index contributed by atoms with van der Waals surface area (Å²) >= 11 is 0. The van der Waals surface area contributed by atoms with Gasteiger partial charge in [-0.05, 0) is 31.5 Å². The summed E-state index contributed by atoms with van der Waals surface area (Å²) in [5.41, 5.74) is 0.968. The lowest BCUT2D eigenvalue weighted by molar-refractivity contribution is -0.112. The molecule has 134 valence electrons. The minimum absolute atomic E-state index is 0.117. The first-order valence-electron chi connectivity index (χ1n) is 8.90. The summed E-state index contributed by atoms with van der Waals surface area (Å²) in [6.45, 7) is 3.07. The zero-order valence-electron chi connectivity index (χ0n) is 14.5. The van der Waals surface area contributed by atoms with Gasteiger partial charge in [0, 0.05) is 5.56 Å². The second-order valence-electron chi connectivity index (χ2n) is 6.49. The van der Waals surface area contributed by atoms with E-state index in [-0.39, 0.29) is 12.3 Å². The maximum atomic E-state index is 5.99. The van der Waals surface area contributed by atoms with Crippen molar-refractivity contribution in [3.8, 4) is 17.1 Å². The van der Waals surface area contributed by atoms with Crippen molar-refractivity contribution in [2.75, 3.05) is 26.9 Å². The topological polar surface area (TPSA) is 57.0 Å². The standard InChI is InChI=1S/C19H24N2O4/c1-22-15-6-4-5-14(11-15)17-12-20-18(25-17)13-21-8-3-2-7-16(21)19-23-9-10-24-19/h4-6,11-12,16,19H,2-3,7-10,13H2,1H3. The molecular formula is C19H24N2O4. The SMILES string of the molecule is COc1cccc(-c2cnc(CN3CCCCC3C3OCCO3)o2)c1. The first-order chi connectivity index (χ1) is 12.3. The zero-order valence-corrected chi connectivity index (χ0v) is 14.5. The van der Waals surface area contributed by atoms with E-state index in [4.69, 9.17) is 18.6 Å². The van der Waals surface area contributed by atoms with E-state index in [2.05, 4.69) is 9.88 Å². The summed E-state index contributed by atoms with van der Waals surface area (Å²) in [5, 5.41) is 0. The number of rotatable bonds is 5. The highest BCUT2D eigenvalue weighted by Gasteiger charge is 2.34. The van der Waals surface area contributed by atoms with E-state index >= 15 is 0 Å². The molecule has 2 aromatic rings. The van der Waals surface area contributed by atoms with Crippen molar-refractivity contribution >= 4 is 0 Å². The van der Waals surface area contributed by atoms with Crippen LogP contribution in [0.4, 0.5) is 0 Å². The van der Waals surface area contributed by atoms with Gasteiger partial charge in [0.05, 0.1) is 39.1 Å². The maximum absolute atomic E-state index is 5.99. The predicted octanol–water partition coefficient (Wildman–Crippen LogP) is 3.08. The molecule has 0 bridgehead atoms. The lowest BCUT2D eigenvalue weighted by Crippen LogP contribution is -2.46. The molecule has 25 heavy (non-hydrogen) atoms.